The molecule has 1 atom stereocenters. The molecule has 4 aromatic rings. The average Bonchev–Trinajstić information content (AvgIpc) is 2.74. The normalized spacial score (nSPS) is 11.8. The third-order valence-corrected chi connectivity index (χ3v) is 5.35. The van der Waals surface area contributed by atoms with Crippen LogP contribution in [-0.4, -0.2) is 19.5 Å². The topological polar surface area (TPSA) is 149 Å². The maximum absolute atomic E-state index is 13.5. The molecule has 0 spiro atoms. The van der Waals surface area contributed by atoms with Crippen LogP contribution in [0.15, 0.2) is 57.8 Å². The second-order valence-electron chi connectivity index (χ2n) is 6.75. The van der Waals surface area contributed by atoms with Gasteiger partial charge in [0.2, 0.25) is 5.95 Å². The van der Waals surface area contributed by atoms with Crippen molar-refractivity contribution in [3.8, 4) is 11.8 Å². The number of nitriles is 1. The standard InChI is InChI=1S/C21H17BrN8O/c1-11(26-18-13(10-23)17(24)28-21(25)29-18)19-27-15-9-5-8-14(22)16(15)20(31)30(19)12-6-3-2-4-7-12/h2-9,11H,1H3,(H5,24,25,26,28,29)/t11-/m0/s1. The number of hydrogen-bond donors (Lipinski definition) is 3. The zero-order valence-corrected chi connectivity index (χ0v) is 18.0. The van der Waals surface area contributed by atoms with Gasteiger partial charge < -0.3 is 16.8 Å². The fraction of sp³-hybridized carbons (Fsp3) is 0.0952. The van der Waals surface area contributed by atoms with E-state index in [-0.39, 0.29) is 28.7 Å². The van der Waals surface area contributed by atoms with Crippen molar-refractivity contribution in [2.45, 2.75) is 13.0 Å². The van der Waals surface area contributed by atoms with Gasteiger partial charge in [0.1, 0.15) is 23.3 Å². The Morgan fingerprint density at radius 2 is 1.84 bits per heavy atom. The SMILES string of the molecule is C[C@H](Nc1nc(N)nc(N)c1C#N)c1nc2cccc(Br)c2c(=O)n1-c1ccccc1. The lowest BCUT2D eigenvalue weighted by Crippen LogP contribution is -2.28. The van der Waals surface area contributed by atoms with Crippen molar-refractivity contribution in [1.29, 1.82) is 5.26 Å². The number of halogens is 1. The van der Waals surface area contributed by atoms with Gasteiger partial charge in [0.15, 0.2) is 5.82 Å². The maximum Gasteiger partial charge on any atom is 0.267 e. The van der Waals surface area contributed by atoms with Gasteiger partial charge in [-0.15, -0.1) is 0 Å². The predicted molar refractivity (Wildman–Crippen MR) is 123 cm³/mol. The van der Waals surface area contributed by atoms with E-state index in [0.717, 1.165) is 0 Å². The van der Waals surface area contributed by atoms with Crippen molar-refractivity contribution in [3.63, 3.8) is 0 Å². The minimum Gasteiger partial charge on any atom is -0.382 e. The van der Waals surface area contributed by atoms with E-state index in [1.54, 1.807) is 19.1 Å². The van der Waals surface area contributed by atoms with Gasteiger partial charge in [-0.1, -0.05) is 24.3 Å². The molecule has 4 rings (SSSR count). The molecule has 0 fully saturated rings. The summed E-state index contributed by atoms with van der Waals surface area (Å²) in [6, 6.07) is 16.0. The lowest BCUT2D eigenvalue weighted by molar-refractivity contribution is 0.730. The summed E-state index contributed by atoms with van der Waals surface area (Å²) in [5.41, 5.74) is 12.6. The third-order valence-electron chi connectivity index (χ3n) is 4.69. The molecule has 0 aliphatic heterocycles. The predicted octanol–water partition coefficient (Wildman–Crippen LogP) is 3.15. The van der Waals surface area contributed by atoms with Crippen molar-refractivity contribution in [3.05, 3.63) is 74.7 Å². The molecular weight excluding hydrogens is 460 g/mol. The summed E-state index contributed by atoms with van der Waals surface area (Å²) < 4.78 is 2.19. The van der Waals surface area contributed by atoms with Crippen molar-refractivity contribution >= 4 is 44.4 Å². The van der Waals surface area contributed by atoms with E-state index >= 15 is 0 Å². The van der Waals surface area contributed by atoms with Crippen LogP contribution in [0.4, 0.5) is 17.6 Å². The number of nitrogen functional groups attached to an aromatic ring is 2. The van der Waals surface area contributed by atoms with Crippen molar-refractivity contribution < 1.29 is 0 Å². The highest BCUT2D eigenvalue weighted by Gasteiger charge is 2.21. The number of nitrogens with one attached hydrogen (secondary N) is 1. The average molecular weight is 477 g/mol. The zero-order valence-electron chi connectivity index (χ0n) is 16.4. The smallest absolute Gasteiger partial charge is 0.267 e. The Hall–Kier alpha value is -3.97. The molecule has 9 nitrogen and oxygen atoms in total. The van der Waals surface area contributed by atoms with Crippen LogP contribution >= 0.6 is 15.9 Å². The number of para-hydroxylation sites is 1. The van der Waals surface area contributed by atoms with Crippen LogP contribution in [-0.2, 0) is 0 Å². The molecule has 2 heterocycles. The Balaban J connectivity index is 1.94. The molecule has 0 aliphatic rings. The number of nitrogens with zero attached hydrogens (tertiary/aromatic N) is 5. The summed E-state index contributed by atoms with van der Waals surface area (Å²) in [4.78, 5) is 26.2. The summed E-state index contributed by atoms with van der Waals surface area (Å²) in [5, 5.41) is 13.0. The molecule has 31 heavy (non-hydrogen) atoms. The summed E-state index contributed by atoms with van der Waals surface area (Å²) in [6.45, 7) is 1.81. The molecule has 0 amide bonds. The van der Waals surface area contributed by atoms with Gasteiger partial charge in [0.25, 0.3) is 5.56 Å². The first-order chi connectivity index (χ1) is 14.9. The van der Waals surface area contributed by atoms with Crippen LogP contribution in [0.25, 0.3) is 16.6 Å². The Morgan fingerprint density at radius 3 is 2.55 bits per heavy atom. The van der Waals surface area contributed by atoms with Crippen LogP contribution in [0.2, 0.25) is 0 Å². The van der Waals surface area contributed by atoms with Gasteiger partial charge >= 0.3 is 0 Å². The van der Waals surface area contributed by atoms with Crippen molar-refractivity contribution in [1.82, 2.24) is 19.5 Å². The molecule has 5 N–H and O–H groups in total. The zero-order chi connectivity index (χ0) is 22.1. The van der Waals surface area contributed by atoms with Crippen LogP contribution in [0.5, 0.6) is 0 Å². The maximum atomic E-state index is 13.5. The molecule has 0 unspecified atom stereocenters. The third kappa shape index (κ3) is 3.67. The van der Waals surface area contributed by atoms with Crippen molar-refractivity contribution in [2.24, 2.45) is 0 Å². The molecule has 2 aromatic heterocycles. The van der Waals surface area contributed by atoms with E-state index < -0.39 is 6.04 Å². The quantitative estimate of drug-likeness (QED) is 0.406. The van der Waals surface area contributed by atoms with Gasteiger partial charge in [-0.3, -0.25) is 9.36 Å². The molecule has 0 saturated heterocycles. The highest BCUT2D eigenvalue weighted by atomic mass is 79.9. The van der Waals surface area contributed by atoms with E-state index in [0.29, 0.717) is 26.9 Å². The van der Waals surface area contributed by atoms with Crippen LogP contribution in [0.1, 0.15) is 24.4 Å². The molecule has 0 radical (unpaired) electrons. The molecule has 154 valence electrons. The van der Waals surface area contributed by atoms with Crippen molar-refractivity contribution in [2.75, 3.05) is 16.8 Å². The van der Waals surface area contributed by atoms with Gasteiger partial charge in [0, 0.05) is 4.47 Å². The second kappa shape index (κ2) is 8.04. The molecular formula is C21H17BrN8O. The van der Waals surface area contributed by atoms with E-state index in [9.17, 15) is 10.1 Å². The number of hydrogen-bond acceptors (Lipinski definition) is 8. The Morgan fingerprint density at radius 1 is 1.10 bits per heavy atom. The Kier molecular flexibility index (Phi) is 5.27. The number of rotatable bonds is 4. The van der Waals surface area contributed by atoms with Gasteiger partial charge in [-0.25, -0.2) is 4.98 Å². The first-order valence-corrected chi connectivity index (χ1v) is 10.1. The number of nitrogens with two attached hydrogens (primary N) is 2. The largest absolute Gasteiger partial charge is 0.382 e. The van der Waals surface area contributed by atoms with E-state index in [4.69, 9.17) is 16.5 Å². The second-order valence-corrected chi connectivity index (χ2v) is 7.60. The molecule has 10 heteroatoms. The number of anilines is 3. The molecule has 0 aliphatic carbocycles. The molecule has 0 bridgehead atoms. The fourth-order valence-electron chi connectivity index (χ4n) is 3.30. The fourth-order valence-corrected chi connectivity index (χ4v) is 3.83. The number of benzene rings is 2. The van der Waals surface area contributed by atoms with E-state index in [2.05, 4.69) is 31.2 Å². The summed E-state index contributed by atoms with van der Waals surface area (Å²) >= 11 is 3.45. The van der Waals surface area contributed by atoms with Gasteiger partial charge in [0.05, 0.1) is 22.6 Å². The lowest BCUT2D eigenvalue weighted by Gasteiger charge is -2.21. The lowest BCUT2D eigenvalue weighted by atomic mass is 10.2. The summed E-state index contributed by atoms with van der Waals surface area (Å²) in [6.07, 6.45) is 0. The first kappa shape index (κ1) is 20.3. The van der Waals surface area contributed by atoms with Crippen LogP contribution in [0.3, 0.4) is 0 Å². The number of fused-ring (bicyclic) bond motifs is 1. The highest BCUT2D eigenvalue weighted by molar-refractivity contribution is 9.10. The Labute approximate surface area is 185 Å². The molecule has 2 aromatic carbocycles. The van der Waals surface area contributed by atoms with E-state index in [1.165, 1.54) is 4.57 Å². The van der Waals surface area contributed by atoms with Gasteiger partial charge in [-0.05, 0) is 47.1 Å². The number of aromatic nitrogens is 4. The minimum absolute atomic E-state index is 0.0273. The van der Waals surface area contributed by atoms with Crippen LogP contribution in [0, 0.1) is 11.3 Å². The molecule has 0 saturated carbocycles. The van der Waals surface area contributed by atoms with Crippen LogP contribution < -0.4 is 22.3 Å². The Bertz CT molecular complexity index is 1390. The van der Waals surface area contributed by atoms with E-state index in [1.807, 2.05) is 42.5 Å². The summed E-state index contributed by atoms with van der Waals surface area (Å²) in [5.74, 6) is 0.507. The van der Waals surface area contributed by atoms with Gasteiger partial charge in [-0.2, -0.15) is 15.2 Å². The minimum atomic E-state index is -0.530. The first-order valence-electron chi connectivity index (χ1n) is 9.27. The summed E-state index contributed by atoms with van der Waals surface area (Å²) in [7, 11) is 0. The monoisotopic (exact) mass is 476 g/mol. The highest BCUT2D eigenvalue weighted by Crippen LogP contribution is 2.26.